The van der Waals surface area contributed by atoms with Gasteiger partial charge in [0.1, 0.15) is 11.6 Å². The van der Waals surface area contributed by atoms with E-state index in [4.69, 9.17) is 15.2 Å². The van der Waals surface area contributed by atoms with Gasteiger partial charge in [-0.15, -0.1) is 0 Å². The van der Waals surface area contributed by atoms with Gasteiger partial charge >= 0.3 is 24.4 Å². The Morgan fingerprint density at radius 3 is 1.96 bits per heavy atom. The number of hydrogen-bond donors (Lipinski definition) is 3. The monoisotopic (exact) mass is 771 g/mol. The number of rotatable bonds is 14. The largest absolute Gasteiger partial charge is 0.444 e. The number of alkyl halides is 6. The molecule has 4 N–H and O–H groups in total. The molecule has 1 heterocycles. The van der Waals surface area contributed by atoms with Crippen LogP contribution in [0.2, 0.25) is 0 Å². The number of ether oxygens (including phenoxy) is 2. The molecule has 1 aliphatic heterocycles. The van der Waals surface area contributed by atoms with Crippen molar-refractivity contribution in [2.45, 2.75) is 90.5 Å². The summed E-state index contributed by atoms with van der Waals surface area (Å²) in [4.78, 5) is 71.6. The first-order valence-electron chi connectivity index (χ1n) is 16.9. The quantitative estimate of drug-likeness (QED) is 0.162. The Hall–Kier alpha value is -5.16. The molecule has 0 fully saturated rings. The third kappa shape index (κ3) is 12.8. The smallest absolute Gasteiger partial charge is 0.408 e. The molecule has 4 atom stereocenters. The van der Waals surface area contributed by atoms with Crippen LogP contribution in [0.25, 0.3) is 0 Å². The number of aliphatic imine (C=N–C) groups is 1. The van der Waals surface area contributed by atoms with E-state index in [1.165, 1.54) is 6.07 Å². The van der Waals surface area contributed by atoms with Gasteiger partial charge in [0.05, 0.1) is 11.4 Å². The number of para-hydroxylation sites is 1. The van der Waals surface area contributed by atoms with Gasteiger partial charge in [0.2, 0.25) is 18.0 Å². The van der Waals surface area contributed by atoms with Gasteiger partial charge in [-0.05, 0) is 45.6 Å². The van der Waals surface area contributed by atoms with Crippen LogP contribution in [0.3, 0.4) is 0 Å². The normalized spacial score (nSPS) is 16.7. The number of nitrogens with two attached hydrogens (primary N) is 1. The lowest BCUT2D eigenvalue weighted by Gasteiger charge is -2.29. The van der Waals surface area contributed by atoms with Gasteiger partial charge in [-0.2, -0.15) is 26.3 Å². The zero-order valence-corrected chi connectivity index (χ0v) is 30.2. The van der Waals surface area contributed by atoms with Crippen molar-refractivity contribution < 1.29 is 59.8 Å². The third-order valence-corrected chi connectivity index (χ3v) is 8.13. The van der Waals surface area contributed by atoms with Gasteiger partial charge in [-0.3, -0.25) is 19.3 Å². The molecule has 0 saturated carbocycles. The Kier molecular flexibility index (Phi) is 14.2. The van der Waals surface area contributed by atoms with Crippen molar-refractivity contribution in [3.8, 4) is 0 Å². The number of halogens is 6. The summed E-state index contributed by atoms with van der Waals surface area (Å²) >= 11 is 0. The predicted molar refractivity (Wildman–Crippen MR) is 184 cm³/mol. The molecular weight excluding hydrogens is 728 g/mol. The van der Waals surface area contributed by atoms with Crippen LogP contribution < -0.4 is 21.3 Å². The van der Waals surface area contributed by atoms with Crippen molar-refractivity contribution in [1.82, 2.24) is 10.6 Å². The molecule has 2 aromatic rings. The molecule has 54 heavy (non-hydrogen) atoms. The molecule has 18 heteroatoms. The van der Waals surface area contributed by atoms with Crippen molar-refractivity contribution in [2.24, 2.45) is 28.5 Å². The van der Waals surface area contributed by atoms with Crippen molar-refractivity contribution in [2.75, 3.05) is 11.6 Å². The second kappa shape index (κ2) is 17.8. The number of fused-ring (bicyclic) bond motifs is 1. The lowest BCUT2D eigenvalue weighted by molar-refractivity contribution is -0.152. The topological polar surface area (TPSA) is 169 Å². The molecule has 12 nitrogen and oxygen atoms in total. The number of carbonyl (C=O) groups excluding carboxylic acids is 5. The third-order valence-electron chi connectivity index (χ3n) is 8.13. The van der Waals surface area contributed by atoms with E-state index in [-0.39, 0.29) is 11.4 Å². The summed E-state index contributed by atoms with van der Waals surface area (Å²) in [6.07, 6.45) is -18.1. The molecular formula is C36H43F6N5O7. The summed E-state index contributed by atoms with van der Waals surface area (Å²) in [6.45, 7) is 7.27. The summed E-state index contributed by atoms with van der Waals surface area (Å²) in [5.41, 5.74) is 5.39. The highest BCUT2D eigenvalue weighted by Crippen LogP contribution is 2.34. The van der Waals surface area contributed by atoms with Crippen LogP contribution in [-0.2, 0) is 28.7 Å². The number of carbonyl (C=O) groups is 5. The summed E-state index contributed by atoms with van der Waals surface area (Å²) < 4.78 is 90.3. The number of nitrogens with zero attached hydrogens (tertiary/aromatic N) is 2. The standard InChI is InChI=1S/C36H43F6N5O7/c1-20(2)26(45-33(52)54-34(3,4)5)32(51)53-19-47-25-14-10-9-13-24(25)27(21-11-7-6-8-12-21)44-29(31(47)50)46-30(49)23(16-18-36(40,41)42)22(28(43)48)15-17-35(37,38)39/h6-14,20,22-23,26,29H,15-19H2,1-5H3,(H2,43,48)(H,45,52)(H,46,49)/t22-,23+,26-,29+/m0/s1. The Balaban J connectivity index is 2.06. The van der Waals surface area contributed by atoms with Crippen LogP contribution in [0.4, 0.5) is 36.8 Å². The van der Waals surface area contributed by atoms with E-state index in [0.717, 1.165) is 4.90 Å². The first kappa shape index (κ1) is 43.2. The SMILES string of the molecule is CC(C)[C@H](NC(=O)OC(C)(C)C)C(=O)OCN1C(=O)[C@@H](NC(=O)[C@H](CCC(F)(F)F)[C@H](CCC(F)(F)F)C(N)=O)N=C(c2ccccc2)c2ccccc21. The fourth-order valence-electron chi connectivity index (χ4n) is 5.57. The summed E-state index contributed by atoms with van der Waals surface area (Å²) in [7, 11) is 0. The minimum atomic E-state index is -4.87. The van der Waals surface area contributed by atoms with Crippen molar-refractivity contribution in [3.05, 3.63) is 65.7 Å². The molecule has 0 unspecified atom stereocenters. The summed E-state index contributed by atoms with van der Waals surface area (Å²) in [5, 5.41) is 4.66. The van der Waals surface area contributed by atoms with E-state index in [2.05, 4.69) is 15.6 Å². The zero-order chi connectivity index (χ0) is 40.6. The highest BCUT2D eigenvalue weighted by atomic mass is 19.4. The minimum Gasteiger partial charge on any atom is -0.444 e. The number of anilines is 1. The molecule has 0 radical (unpaired) electrons. The number of esters is 1. The molecule has 4 amide bonds. The zero-order valence-electron chi connectivity index (χ0n) is 30.2. The lowest BCUT2D eigenvalue weighted by Crippen LogP contribution is -2.52. The van der Waals surface area contributed by atoms with Crippen molar-refractivity contribution in [3.63, 3.8) is 0 Å². The fraction of sp³-hybridized carbons (Fsp3) is 0.500. The summed E-state index contributed by atoms with van der Waals surface area (Å²) in [6, 6.07) is 13.2. The van der Waals surface area contributed by atoms with Gasteiger partial charge in [-0.25, -0.2) is 14.6 Å². The maximum atomic E-state index is 14.3. The van der Waals surface area contributed by atoms with Crippen LogP contribution in [0, 0.1) is 17.8 Å². The van der Waals surface area contributed by atoms with Crippen LogP contribution >= 0.6 is 0 Å². The second-order valence-corrected chi connectivity index (χ2v) is 13.9. The predicted octanol–water partition coefficient (Wildman–Crippen LogP) is 5.77. The number of benzodiazepines with no additional fused rings is 1. The molecule has 0 aromatic heterocycles. The van der Waals surface area contributed by atoms with E-state index < -0.39 is 110 Å². The van der Waals surface area contributed by atoms with Gasteiger partial charge in [-0.1, -0.05) is 62.4 Å². The van der Waals surface area contributed by atoms with Gasteiger partial charge in [0.15, 0.2) is 6.73 Å². The maximum Gasteiger partial charge on any atom is 0.408 e. The Morgan fingerprint density at radius 1 is 0.870 bits per heavy atom. The number of hydrogen-bond acceptors (Lipinski definition) is 8. The van der Waals surface area contributed by atoms with E-state index in [1.807, 2.05) is 0 Å². The molecule has 2 aromatic carbocycles. The number of benzene rings is 2. The maximum absolute atomic E-state index is 14.3. The molecule has 1 aliphatic rings. The average molecular weight is 772 g/mol. The molecule has 0 bridgehead atoms. The van der Waals surface area contributed by atoms with Gasteiger partial charge in [0.25, 0.3) is 5.91 Å². The fourth-order valence-corrected chi connectivity index (χ4v) is 5.57. The molecule has 0 aliphatic carbocycles. The number of alkyl carbamates (subject to hydrolysis) is 1. The van der Waals surface area contributed by atoms with E-state index in [0.29, 0.717) is 11.1 Å². The van der Waals surface area contributed by atoms with E-state index in [9.17, 15) is 50.3 Å². The molecule has 3 rings (SSSR count). The highest BCUT2D eigenvalue weighted by Gasteiger charge is 2.42. The number of primary amides is 1. The van der Waals surface area contributed by atoms with Crippen LogP contribution in [-0.4, -0.2) is 72.4 Å². The molecule has 296 valence electrons. The minimum absolute atomic E-state index is 0.112. The first-order chi connectivity index (χ1) is 25.0. The Labute approximate surface area is 307 Å². The number of nitrogens with one attached hydrogen (secondary N) is 2. The number of amides is 4. The molecule has 0 spiro atoms. The van der Waals surface area contributed by atoms with Crippen molar-refractivity contribution in [1.29, 1.82) is 0 Å². The lowest BCUT2D eigenvalue weighted by atomic mass is 9.83. The average Bonchev–Trinajstić information content (AvgIpc) is 3.16. The van der Waals surface area contributed by atoms with E-state index >= 15 is 0 Å². The Morgan fingerprint density at radius 2 is 1.43 bits per heavy atom. The molecule has 0 saturated heterocycles. The Bertz CT molecular complexity index is 1690. The van der Waals surface area contributed by atoms with Crippen molar-refractivity contribution >= 4 is 41.2 Å². The highest BCUT2D eigenvalue weighted by molar-refractivity contribution is 6.20. The van der Waals surface area contributed by atoms with Crippen LogP contribution in [0.1, 0.15) is 71.4 Å². The van der Waals surface area contributed by atoms with Gasteiger partial charge < -0.3 is 25.8 Å². The van der Waals surface area contributed by atoms with Crippen LogP contribution in [0.5, 0.6) is 0 Å². The second-order valence-electron chi connectivity index (χ2n) is 13.9. The van der Waals surface area contributed by atoms with Crippen LogP contribution in [0.15, 0.2) is 59.6 Å². The summed E-state index contributed by atoms with van der Waals surface area (Å²) in [5.74, 6) is -9.43. The van der Waals surface area contributed by atoms with E-state index in [1.54, 1.807) is 83.1 Å². The first-order valence-corrected chi connectivity index (χ1v) is 16.9. The van der Waals surface area contributed by atoms with Gasteiger partial charge in [0, 0.05) is 35.8 Å².